The Hall–Kier alpha value is -1.47. The van der Waals surface area contributed by atoms with Gasteiger partial charge in [-0.25, -0.2) is 0 Å². The maximum atomic E-state index is 11.3. The molecule has 0 bridgehead atoms. The molecular weight excluding hydrogens is 344 g/mol. The van der Waals surface area contributed by atoms with Crippen LogP contribution in [-0.2, 0) is 20.9 Å². The van der Waals surface area contributed by atoms with E-state index < -0.39 is 0 Å². The number of amides is 1. The highest BCUT2D eigenvalue weighted by molar-refractivity contribution is 9.10. The first-order valence-electron chi connectivity index (χ1n) is 5.92. The summed E-state index contributed by atoms with van der Waals surface area (Å²) < 4.78 is 8.48. The first-order valence-corrected chi connectivity index (χ1v) is 7.53. The van der Waals surface area contributed by atoms with Gasteiger partial charge in [0.15, 0.2) is 4.80 Å². The van der Waals surface area contributed by atoms with E-state index in [1.165, 1.54) is 25.4 Å². The molecule has 0 N–H and O–H groups in total. The summed E-state index contributed by atoms with van der Waals surface area (Å²) in [5.41, 5.74) is 0.946. The second-order valence-corrected chi connectivity index (χ2v) is 6.03. The molecule has 1 aromatic heterocycles. The van der Waals surface area contributed by atoms with Crippen LogP contribution in [0.25, 0.3) is 10.2 Å². The molecule has 0 aliphatic rings. The van der Waals surface area contributed by atoms with Crippen LogP contribution in [0.1, 0.15) is 13.3 Å². The van der Waals surface area contributed by atoms with Gasteiger partial charge >= 0.3 is 5.97 Å². The minimum absolute atomic E-state index is 0.240. The zero-order chi connectivity index (χ0) is 14.7. The maximum absolute atomic E-state index is 11.3. The van der Waals surface area contributed by atoms with Gasteiger partial charge in [0.2, 0.25) is 5.91 Å². The highest BCUT2D eigenvalue weighted by Gasteiger charge is 2.09. The Morgan fingerprint density at radius 1 is 1.45 bits per heavy atom. The van der Waals surface area contributed by atoms with Crippen LogP contribution in [0.5, 0.6) is 0 Å². The zero-order valence-corrected chi connectivity index (χ0v) is 13.5. The van der Waals surface area contributed by atoms with E-state index in [0.29, 0.717) is 11.3 Å². The average molecular weight is 357 g/mol. The number of esters is 1. The molecule has 0 fully saturated rings. The van der Waals surface area contributed by atoms with Gasteiger partial charge in [-0.05, 0) is 18.2 Å². The number of hydrogen-bond acceptors (Lipinski definition) is 4. The highest BCUT2D eigenvalue weighted by atomic mass is 79.9. The van der Waals surface area contributed by atoms with Crippen molar-refractivity contribution in [3.63, 3.8) is 0 Å². The molecule has 0 radical (unpaired) electrons. The van der Waals surface area contributed by atoms with Crippen molar-refractivity contribution in [2.75, 3.05) is 7.11 Å². The summed E-state index contributed by atoms with van der Waals surface area (Å²) >= 11 is 4.84. The van der Waals surface area contributed by atoms with E-state index >= 15 is 0 Å². The van der Waals surface area contributed by atoms with Crippen molar-refractivity contribution in [3.05, 3.63) is 27.5 Å². The molecule has 7 heteroatoms. The van der Waals surface area contributed by atoms with E-state index in [0.717, 1.165) is 14.7 Å². The predicted molar refractivity (Wildman–Crippen MR) is 80.4 cm³/mol. The molecule has 0 aliphatic heterocycles. The summed E-state index contributed by atoms with van der Waals surface area (Å²) in [6, 6.07) is 5.82. The number of methoxy groups -OCH3 is 1. The van der Waals surface area contributed by atoms with E-state index in [2.05, 4.69) is 25.7 Å². The lowest BCUT2D eigenvalue weighted by atomic mass is 10.3. The largest absolute Gasteiger partial charge is 0.469 e. The van der Waals surface area contributed by atoms with Gasteiger partial charge in [-0.2, -0.15) is 4.99 Å². The van der Waals surface area contributed by atoms with Gasteiger partial charge < -0.3 is 9.30 Å². The second kappa shape index (κ2) is 6.32. The smallest absolute Gasteiger partial charge is 0.307 e. The monoisotopic (exact) mass is 356 g/mol. The van der Waals surface area contributed by atoms with Crippen LogP contribution in [0.4, 0.5) is 0 Å². The quantitative estimate of drug-likeness (QED) is 0.793. The maximum Gasteiger partial charge on any atom is 0.307 e. The van der Waals surface area contributed by atoms with E-state index in [4.69, 9.17) is 0 Å². The van der Waals surface area contributed by atoms with Gasteiger partial charge in [0.05, 0.1) is 23.7 Å². The Bertz CT molecular complexity index is 733. The Labute approximate surface area is 128 Å². The average Bonchev–Trinajstić information content (AvgIpc) is 2.71. The minimum Gasteiger partial charge on any atom is -0.469 e. The second-order valence-electron chi connectivity index (χ2n) is 4.11. The number of carbonyl (C=O) groups is 2. The molecule has 2 aromatic rings. The first kappa shape index (κ1) is 14.9. The molecule has 106 valence electrons. The Balaban J connectivity index is 2.53. The third-order valence-corrected chi connectivity index (χ3v) is 4.20. The number of fused-ring (bicyclic) bond motifs is 1. The number of hydrogen-bond donors (Lipinski definition) is 0. The van der Waals surface area contributed by atoms with Crippen molar-refractivity contribution in [2.45, 2.75) is 19.9 Å². The van der Waals surface area contributed by atoms with Crippen LogP contribution in [-0.4, -0.2) is 23.6 Å². The number of ether oxygens (including phenoxy) is 1. The van der Waals surface area contributed by atoms with Gasteiger partial charge in [0.1, 0.15) is 0 Å². The molecule has 0 saturated carbocycles. The Morgan fingerprint density at radius 3 is 2.85 bits per heavy atom. The van der Waals surface area contributed by atoms with E-state index in [9.17, 15) is 9.59 Å². The summed E-state index contributed by atoms with van der Waals surface area (Å²) in [7, 11) is 1.36. The SMILES string of the molecule is COC(=O)CCn1c(=NC(C)=O)sc2cc(Br)ccc21. The number of nitrogens with zero attached hydrogens (tertiary/aromatic N) is 2. The van der Waals surface area contributed by atoms with Crippen LogP contribution >= 0.6 is 27.3 Å². The summed E-state index contributed by atoms with van der Waals surface area (Å²) in [4.78, 5) is 27.1. The standard InChI is InChI=1S/C13H13BrN2O3S/c1-8(17)15-13-16(6-5-12(18)19-2)10-4-3-9(14)7-11(10)20-13/h3-4,7H,5-6H2,1-2H3. The molecule has 0 atom stereocenters. The third-order valence-electron chi connectivity index (χ3n) is 2.67. The van der Waals surface area contributed by atoms with Crippen LogP contribution < -0.4 is 4.80 Å². The topological polar surface area (TPSA) is 60.7 Å². The van der Waals surface area contributed by atoms with Crippen molar-refractivity contribution < 1.29 is 14.3 Å². The van der Waals surface area contributed by atoms with Crippen LogP contribution in [0, 0.1) is 0 Å². The fourth-order valence-corrected chi connectivity index (χ4v) is 3.44. The molecule has 2 rings (SSSR count). The van der Waals surface area contributed by atoms with Crippen molar-refractivity contribution in [1.29, 1.82) is 0 Å². The van der Waals surface area contributed by atoms with Crippen LogP contribution in [0.2, 0.25) is 0 Å². The molecule has 5 nitrogen and oxygen atoms in total. The fraction of sp³-hybridized carbons (Fsp3) is 0.308. The Kier molecular flexibility index (Phi) is 4.72. The molecule has 1 aromatic carbocycles. The number of benzene rings is 1. The summed E-state index contributed by atoms with van der Waals surface area (Å²) in [5, 5.41) is 0. The van der Waals surface area contributed by atoms with Crippen molar-refractivity contribution >= 4 is 49.4 Å². The van der Waals surface area contributed by atoms with Crippen LogP contribution in [0.3, 0.4) is 0 Å². The lowest BCUT2D eigenvalue weighted by Gasteiger charge is -2.04. The minimum atomic E-state index is -0.289. The van der Waals surface area contributed by atoms with Crippen molar-refractivity contribution in [3.8, 4) is 0 Å². The number of carbonyl (C=O) groups excluding carboxylic acids is 2. The molecule has 0 unspecified atom stereocenters. The fourth-order valence-electron chi connectivity index (χ4n) is 1.79. The van der Waals surface area contributed by atoms with Gasteiger partial charge in [-0.1, -0.05) is 27.3 Å². The summed E-state index contributed by atoms with van der Waals surface area (Å²) in [5.74, 6) is -0.551. The molecule has 0 spiro atoms. The number of aromatic nitrogens is 1. The zero-order valence-electron chi connectivity index (χ0n) is 11.1. The lowest BCUT2D eigenvalue weighted by molar-refractivity contribution is -0.140. The van der Waals surface area contributed by atoms with E-state index in [1.807, 2.05) is 22.8 Å². The molecular formula is C13H13BrN2O3S. The number of aryl methyl sites for hydroxylation is 1. The van der Waals surface area contributed by atoms with Gasteiger partial charge in [-0.15, -0.1) is 0 Å². The molecule has 0 saturated heterocycles. The first-order chi connectivity index (χ1) is 9.51. The third kappa shape index (κ3) is 3.34. The van der Waals surface area contributed by atoms with E-state index in [-0.39, 0.29) is 18.3 Å². The number of halogens is 1. The van der Waals surface area contributed by atoms with Crippen LogP contribution in [0.15, 0.2) is 27.7 Å². The highest BCUT2D eigenvalue weighted by Crippen LogP contribution is 2.22. The van der Waals surface area contributed by atoms with Gasteiger partial charge in [0.25, 0.3) is 0 Å². The predicted octanol–water partition coefficient (Wildman–Crippen LogP) is 2.48. The molecule has 0 aliphatic carbocycles. The number of thiazole rings is 1. The van der Waals surface area contributed by atoms with Crippen molar-refractivity contribution in [2.24, 2.45) is 4.99 Å². The normalized spacial score (nSPS) is 11.8. The van der Waals surface area contributed by atoms with Crippen molar-refractivity contribution in [1.82, 2.24) is 4.57 Å². The number of rotatable bonds is 3. The molecule has 1 heterocycles. The van der Waals surface area contributed by atoms with Gasteiger partial charge in [0, 0.05) is 17.9 Å². The lowest BCUT2D eigenvalue weighted by Crippen LogP contribution is -2.18. The summed E-state index contributed by atoms with van der Waals surface area (Å²) in [6.45, 7) is 1.84. The molecule has 20 heavy (non-hydrogen) atoms. The molecule has 1 amide bonds. The summed E-state index contributed by atoms with van der Waals surface area (Å²) in [6.07, 6.45) is 0.240. The Morgan fingerprint density at radius 2 is 2.20 bits per heavy atom. The van der Waals surface area contributed by atoms with Gasteiger partial charge in [-0.3, -0.25) is 9.59 Å². The van der Waals surface area contributed by atoms with E-state index in [1.54, 1.807) is 0 Å².